The molecule has 2 N–H and O–H groups in total. The van der Waals surface area contributed by atoms with Gasteiger partial charge in [-0.3, -0.25) is 0 Å². The lowest BCUT2D eigenvalue weighted by molar-refractivity contribution is 0.0728. The molecule has 0 saturated carbocycles. The molecule has 0 aromatic carbocycles. The van der Waals surface area contributed by atoms with Crippen LogP contribution in [0.3, 0.4) is 0 Å². The third-order valence-electron chi connectivity index (χ3n) is 2.66. The Morgan fingerprint density at radius 3 is 2.18 bits per heavy atom. The van der Waals surface area contributed by atoms with E-state index in [4.69, 9.17) is 0 Å². The Bertz CT molecular complexity index is 234. The van der Waals surface area contributed by atoms with E-state index in [-0.39, 0.29) is 11.6 Å². The van der Waals surface area contributed by atoms with Crippen LogP contribution in [0.2, 0.25) is 0 Å². The average Bonchev–Trinajstić information content (AvgIpc) is 2.08. The zero-order valence-corrected chi connectivity index (χ0v) is 12.1. The minimum absolute atomic E-state index is 0.0344. The van der Waals surface area contributed by atoms with E-state index in [0.29, 0.717) is 5.92 Å². The van der Waals surface area contributed by atoms with Crippen LogP contribution < -0.4 is 5.32 Å². The van der Waals surface area contributed by atoms with Gasteiger partial charge in [-0.15, -0.1) is 0 Å². The van der Waals surface area contributed by atoms with Crippen molar-refractivity contribution in [2.45, 2.75) is 59.5 Å². The van der Waals surface area contributed by atoms with Crippen molar-refractivity contribution in [1.29, 1.82) is 0 Å². The Morgan fingerprint density at radius 2 is 1.82 bits per heavy atom. The molecular formula is C13H28N2O2. The van der Waals surface area contributed by atoms with Crippen LogP contribution in [-0.2, 0) is 0 Å². The van der Waals surface area contributed by atoms with Crippen molar-refractivity contribution in [3.8, 4) is 0 Å². The number of carbonyl (C=O) groups is 1. The van der Waals surface area contributed by atoms with Crippen LogP contribution in [-0.4, -0.2) is 40.8 Å². The zero-order chi connectivity index (χ0) is 13.6. The quantitative estimate of drug-likeness (QED) is 0.706. The van der Waals surface area contributed by atoms with Gasteiger partial charge in [0.2, 0.25) is 0 Å². The minimum Gasteiger partial charge on any atom is -0.465 e. The first kappa shape index (κ1) is 16.2. The largest absolute Gasteiger partial charge is 0.465 e. The van der Waals surface area contributed by atoms with Gasteiger partial charge in [0.15, 0.2) is 0 Å². The number of carboxylic acid groups (broad SMARTS) is 1. The molecule has 0 heterocycles. The second kappa shape index (κ2) is 6.84. The predicted octanol–water partition coefficient (Wildman–Crippen LogP) is 2.79. The number of nitrogens with zero attached hydrogens (tertiary/aromatic N) is 1. The molecule has 0 aliphatic heterocycles. The molecule has 0 unspecified atom stereocenters. The maximum Gasteiger partial charge on any atom is 0.407 e. The number of rotatable bonds is 6. The molecule has 4 nitrogen and oxygen atoms in total. The Hall–Kier alpha value is -0.770. The Balaban J connectivity index is 4.17. The lowest BCUT2D eigenvalue weighted by Gasteiger charge is -2.38. The highest BCUT2D eigenvalue weighted by molar-refractivity contribution is 5.66. The fourth-order valence-corrected chi connectivity index (χ4v) is 1.97. The maximum atomic E-state index is 11.2. The summed E-state index contributed by atoms with van der Waals surface area (Å²) in [6.45, 7) is 13.9. The molecule has 0 aromatic heterocycles. The van der Waals surface area contributed by atoms with E-state index >= 15 is 0 Å². The molecule has 4 heteroatoms. The number of hydrogen-bond donors (Lipinski definition) is 2. The van der Waals surface area contributed by atoms with E-state index in [1.54, 1.807) is 0 Å². The van der Waals surface area contributed by atoms with E-state index in [9.17, 15) is 9.90 Å². The topological polar surface area (TPSA) is 52.6 Å². The Kier molecular flexibility index (Phi) is 6.53. The highest BCUT2D eigenvalue weighted by atomic mass is 16.4. The summed E-state index contributed by atoms with van der Waals surface area (Å²) >= 11 is 0. The summed E-state index contributed by atoms with van der Waals surface area (Å²) in [4.78, 5) is 12.8. The summed E-state index contributed by atoms with van der Waals surface area (Å²) in [6, 6.07) is 0.0344. The van der Waals surface area contributed by atoms with Gasteiger partial charge in [0.25, 0.3) is 0 Å². The van der Waals surface area contributed by atoms with Gasteiger partial charge in [-0.1, -0.05) is 13.8 Å². The number of amides is 1. The summed E-state index contributed by atoms with van der Waals surface area (Å²) in [5.74, 6) is 0.628. The van der Waals surface area contributed by atoms with Gasteiger partial charge in [0.1, 0.15) is 0 Å². The molecule has 0 aliphatic rings. The molecule has 0 rings (SSSR count). The van der Waals surface area contributed by atoms with Gasteiger partial charge in [-0.2, -0.15) is 0 Å². The second-order valence-corrected chi connectivity index (χ2v) is 6.06. The van der Waals surface area contributed by atoms with Crippen LogP contribution in [0.4, 0.5) is 4.79 Å². The molecule has 0 bridgehead atoms. The van der Waals surface area contributed by atoms with Crippen LogP contribution >= 0.6 is 0 Å². The van der Waals surface area contributed by atoms with Crippen LogP contribution in [0, 0.1) is 5.92 Å². The van der Waals surface area contributed by atoms with Gasteiger partial charge < -0.3 is 15.3 Å². The van der Waals surface area contributed by atoms with Crippen molar-refractivity contribution in [1.82, 2.24) is 10.2 Å². The number of hydrogen-bond acceptors (Lipinski definition) is 2. The SMILES string of the molecule is CC(C)CNCC[C@@H](C)N(C(=O)O)C(C)(C)C. The van der Waals surface area contributed by atoms with Crippen molar-refractivity contribution in [3.05, 3.63) is 0 Å². The van der Waals surface area contributed by atoms with E-state index < -0.39 is 6.09 Å². The van der Waals surface area contributed by atoms with E-state index in [1.807, 2.05) is 27.7 Å². The smallest absolute Gasteiger partial charge is 0.407 e. The first-order chi connectivity index (χ1) is 7.66. The third kappa shape index (κ3) is 6.51. The predicted molar refractivity (Wildman–Crippen MR) is 71.4 cm³/mol. The van der Waals surface area contributed by atoms with Crippen molar-refractivity contribution < 1.29 is 9.90 Å². The Labute approximate surface area is 105 Å². The minimum atomic E-state index is -0.839. The Morgan fingerprint density at radius 1 is 1.29 bits per heavy atom. The van der Waals surface area contributed by atoms with Gasteiger partial charge in [0, 0.05) is 11.6 Å². The standard InChI is InChI=1S/C13H28N2O2/c1-10(2)9-14-8-7-11(3)15(12(16)17)13(4,5)6/h10-11,14H,7-9H2,1-6H3,(H,16,17)/t11-/m1/s1. The van der Waals surface area contributed by atoms with E-state index in [2.05, 4.69) is 19.2 Å². The molecule has 1 amide bonds. The third-order valence-corrected chi connectivity index (χ3v) is 2.66. The van der Waals surface area contributed by atoms with Crippen LogP contribution in [0.5, 0.6) is 0 Å². The molecule has 0 spiro atoms. The van der Waals surface area contributed by atoms with Crippen molar-refractivity contribution >= 4 is 6.09 Å². The van der Waals surface area contributed by atoms with Gasteiger partial charge in [0.05, 0.1) is 0 Å². The monoisotopic (exact) mass is 244 g/mol. The molecule has 17 heavy (non-hydrogen) atoms. The fourth-order valence-electron chi connectivity index (χ4n) is 1.97. The van der Waals surface area contributed by atoms with Crippen LogP contribution in [0.25, 0.3) is 0 Å². The number of nitrogens with one attached hydrogen (secondary N) is 1. The van der Waals surface area contributed by atoms with Gasteiger partial charge in [-0.25, -0.2) is 4.79 Å². The molecule has 0 aromatic rings. The lowest BCUT2D eigenvalue weighted by atomic mass is 10.0. The average molecular weight is 244 g/mol. The second-order valence-electron chi connectivity index (χ2n) is 6.06. The summed E-state index contributed by atoms with van der Waals surface area (Å²) in [5, 5.41) is 12.6. The van der Waals surface area contributed by atoms with Crippen molar-refractivity contribution in [2.75, 3.05) is 13.1 Å². The van der Waals surface area contributed by atoms with Crippen LogP contribution in [0.15, 0.2) is 0 Å². The first-order valence-corrected chi connectivity index (χ1v) is 6.39. The maximum absolute atomic E-state index is 11.2. The molecule has 0 radical (unpaired) electrons. The van der Waals surface area contributed by atoms with Crippen molar-refractivity contribution in [2.24, 2.45) is 5.92 Å². The molecule has 0 saturated heterocycles. The first-order valence-electron chi connectivity index (χ1n) is 6.39. The summed E-state index contributed by atoms with van der Waals surface area (Å²) in [5.41, 5.74) is -0.344. The zero-order valence-electron chi connectivity index (χ0n) is 12.1. The molecule has 102 valence electrons. The summed E-state index contributed by atoms with van der Waals surface area (Å²) in [6.07, 6.45) is 0.00452. The normalized spacial score (nSPS) is 13.8. The molecule has 0 fully saturated rings. The summed E-state index contributed by atoms with van der Waals surface area (Å²) in [7, 11) is 0. The van der Waals surface area contributed by atoms with Crippen molar-refractivity contribution in [3.63, 3.8) is 0 Å². The summed E-state index contributed by atoms with van der Waals surface area (Å²) < 4.78 is 0. The van der Waals surface area contributed by atoms with E-state index in [1.165, 1.54) is 4.90 Å². The van der Waals surface area contributed by atoms with Gasteiger partial charge >= 0.3 is 6.09 Å². The van der Waals surface area contributed by atoms with E-state index in [0.717, 1.165) is 19.5 Å². The fraction of sp³-hybridized carbons (Fsp3) is 0.923. The lowest BCUT2D eigenvalue weighted by Crippen LogP contribution is -2.50. The molecule has 0 aliphatic carbocycles. The molecule has 1 atom stereocenters. The highest BCUT2D eigenvalue weighted by Crippen LogP contribution is 2.18. The molecular weight excluding hydrogens is 216 g/mol. The highest BCUT2D eigenvalue weighted by Gasteiger charge is 2.30. The van der Waals surface area contributed by atoms with Crippen LogP contribution in [0.1, 0.15) is 48.0 Å². The van der Waals surface area contributed by atoms with Gasteiger partial charge in [-0.05, 0) is 53.1 Å².